The first-order chi connectivity index (χ1) is 14.6. The normalized spacial score (nSPS) is 12.7. The van der Waals surface area contributed by atoms with Gasteiger partial charge in [-0.1, -0.05) is 35.0 Å². The van der Waals surface area contributed by atoms with Crippen LogP contribution in [0, 0.1) is 19.7 Å². The monoisotopic (exact) mass is 492 g/mol. The molecule has 2 atom stereocenters. The largest absolute Gasteiger partial charge is 0.484 e. The lowest BCUT2D eigenvalue weighted by Gasteiger charge is -2.29. The van der Waals surface area contributed by atoms with Crippen LogP contribution in [0.1, 0.15) is 43.9 Å². The van der Waals surface area contributed by atoms with Gasteiger partial charge in [0.1, 0.15) is 17.6 Å². The zero-order valence-electron chi connectivity index (χ0n) is 18.7. The van der Waals surface area contributed by atoms with Gasteiger partial charge >= 0.3 is 0 Å². The fraction of sp³-hybridized carbons (Fsp3) is 0.417. The Kier molecular flexibility index (Phi) is 9.04. The summed E-state index contributed by atoms with van der Waals surface area (Å²) < 4.78 is 20.0. The number of carbonyl (C=O) groups excluding carboxylic acids is 2. The fourth-order valence-electron chi connectivity index (χ4n) is 3.05. The maximum atomic E-state index is 13.3. The minimum absolute atomic E-state index is 0.00249. The van der Waals surface area contributed by atoms with E-state index in [4.69, 9.17) is 4.74 Å². The Morgan fingerprint density at radius 3 is 2.26 bits per heavy atom. The highest BCUT2D eigenvalue weighted by atomic mass is 79.9. The number of rotatable bonds is 9. The van der Waals surface area contributed by atoms with Gasteiger partial charge in [-0.25, -0.2) is 4.39 Å². The van der Waals surface area contributed by atoms with Crippen LogP contribution in [0.3, 0.4) is 0 Å². The molecule has 0 saturated carbocycles. The van der Waals surface area contributed by atoms with Crippen molar-refractivity contribution in [3.8, 4) is 5.75 Å². The van der Waals surface area contributed by atoms with Crippen molar-refractivity contribution in [2.45, 2.75) is 59.7 Å². The van der Waals surface area contributed by atoms with Gasteiger partial charge in [0, 0.05) is 17.1 Å². The number of aryl methyl sites for hydroxylation is 2. The van der Waals surface area contributed by atoms with E-state index in [1.54, 1.807) is 19.1 Å². The van der Waals surface area contributed by atoms with Crippen LogP contribution < -0.4 is 10.1 Å². The van der Waals surface area contributed by atoms with Crippen molar-refractivity contribution in [3.05, 3.63) is 63.4 Å². The van der Waals surface area contributed by atoms with Crippen LogP contribution in [0.5, 0.6) is 5.75 Å². The van der Waals surface area contributed by atoms with E-state index < -0.39 is 6.04 Å². The van der Waals surface area contributed by atoms with Crippen LogP contribution in [0.15, 0.2) is 40.9 Å². The molecule has 0 fully saturated rings. The highest BCUT2D eigenvalue weighted by molar-refractivity contribution is 9.10. The van der Waals surface area contributed by atoms with Crippen molar-refractivity contribution < 1.29 is 18.7 Å². The second kappa shape index (κ2) is 11.3. The maximum Gasteiger partial charge on any atom is 0.261 e. The van der Waals surface area contributed by atoms with E-state index in [9.17, 15) is 14.0 Å². The van der Waals surface area contributed by atoms with Gasteiger partial charge in [0.15, 0.2) is 6.61 Å². The Morgan fingerprint density at radius 1 is 1.13 bits per heavy atom. The molecule has 1 N–H and O–H groups in total. The first-order valence-electron chi connectivity index (χ1n) is 10.4. The number of hydrogen-bond donors (Lipinski definition) is 1. The van der Waals surface area contributed by atoms with Crippen molar-refractivity contribution in [1.29, 1.82) is 0 Å². The van der Waals surface area contributed by atoms with E-state index in [-0.39, 0.29) is 36.8 Å². The number of nitrogens with zero attached hydrogens (tertiary/aromatic N) is 1. The van der Waals surface area contributed by atoms with E-state index in [1.807, 2.05) is 39.8 Å². The predicted molar refractivity (Wildman–Crippen MR) is 123 cm³/mol. The highest BCUT2D eigenvalue weighted by Gasteiger charge is 2.27. The smallest absolute Gasteiger partial charge is 0.261 e. The van der Waals surface area contributed by atoms with Crippen LogP contribution in [0.2, 0.25) is 0 Å². The summed E-state index contributed by atoms with van der Waals surface area (Å²) >= 11 is 3.52. The fourth-order valence-corrected chi connectivity index (χ4v) is 3.28. The van der Waals surface area contributed by atoms with Gasteiger partial charge in [-0.15, -0.1) is 0 Å². The Morgan fingerprint density at radius 2 is 1.71 bits per heavy atom. The van der Waals surface area contributed by atoms with E-state index in [1.165, 1.54) is 17.0 Å². The molecule has 2 aromatic rings. The van der Waals surface area contributed by atoms with Crippen molar-refractivity contribution in [2.24, 2.45) is 0 Å². The minimum atomic E-state index is -0.705. The molecule has 0 heterocycles. The summed E-state index contributed by atoms with van der Waals surface area (Å²) in [4.78, 5) is 27.2. The van der Waals surface area contributed by atoms with Gasteiger partial charge in [0.2, 0.25) is 5.91 Å². The third-order valence-electron chi connectivity index (χ3n) is 5.21. The van der Waals surface area contributed by atoms with Crippen molar-refractivity contribution in [1.82, 2.24) is 10.2 Å². The van der Waals surface area contributed by atoms with Crippen LogP contribution in [-0.4, -0.2) is 35.4 Å². The van der Waals surface area contributed by atoms with E-state index in [0.717, 1.165) is 27.6 Å². The molecule has 2 aromatic carbocycles. The predicted octanol–water partition coefficient (Wildman–Crippen LogP) is 4.92. The molecule has 168 valence electrons. The van der Waals surface area contributed by atoms with Gasteiger partial charge in [-0.05, 0) is 75.1 Å². The molecule has 0 aliphatic heterocycles. The Bertz CT molecular complexity index is 895. The molecule has 0 bridgehead atoms. The van der Waals surface area contributed by atoms with Gasteiger partial charge in [0.05, 0.1) is 0 Å². The number of hydrogen-bond acceptors (Lipinski definition) is 3. The second-order valence-corrected chi connectivity index (χ2v) is 8.59. The third-order valence-corrected chi connectivity index (χ3v) is 6.46. The first kappa shape index (κ1) is 24.9. The van der Waals surface area contributed by atoms with Gasteiger partial charge in [-0.2, -0.15) is 0 Å². The average Bonchev–Trinajstić information content (AvgIpc) is 2.74. The number of benzene rings is 2. The lowest BCUT2D eigenvalue weighted by molar-refractivity contribution is -0.142. The van der Waals surface area contributed by atoms with E-state index >= 15 is 0 Å². The van der Waals surface area contributed by atoms with Crippen LogP contribution in [0.4, 0.5) is 4.39 Å². The molecule has 31 heavy (non-hydrogen) atoms. The molecule has 7 heteroatoms. The maximum absolute atomic E-state index is 13.3. The summed E-state index contributed by atoms with van der Waals surface area (Å²) in [7, 11) is 0. The molecular weight excluding hydrogens is 463 g/mol. The molecule has 0 spiro atoms. The zero-order valence-corrected chi connectivity index (χ0v) is 20.3. The topological polar surface area (TPSA) is 58.6 Å². The highest BCUT2D eigenvalue weighted by Crippen LogP contribution is 2.26. The number of nitrogens with one attached hydrogen (secondary N) is 1. The standard InChI is InChI=1S/C24H30BrFN2O3/c1-6-17(4)27-24(30)18(5)28(13-19-7-9-20(26)10-8-19)22(29)14-31-21-11-15(2)23(25)16(3)12-21/h7-12,17-18H,6,13-14H2,1-5H3,(H,27,30)/t17-,18+/m1/s1. The molecule has 0 aromatic heterocycles. The molecule has 0 radical (unpaired) electrons. The molecule has 0 saturated heterocycles. The van der Waals surface area contributed by atoms with Crippen LogP contribution >= 0.6 is 15.9 Å². The summed E-state index contributed by atoms with van der Waals surface area (Å²) in [5, 5.41) is 2.92. The molecule has 0 aliphatic carbocycles. The van der Waals surface area contributed by atoms with Crippen molar-refractivity contribution >= 4 is 27.7 Å². The quantitative estimate of drug-likeness (QED) is 0.540. The number of halogens is 2. The summed E-state index contributed by atoms with van der Waals surface area (Å²) in [6.07, 6.45) is 0.787. The summed E-state index contributed by atoms with van der Waals surface area (Å²) in [5.41, 5.74) is 2.74. The van der Waals surface area contributed by atoms with E-state index in [0.29, 0.717) is 5.75 Å². The Labute approximate surface area is 192 Å². The van der Waals surface area contributed by atoms with Crippen molar-refractivity contribution in [2.75, 3.05) is 6.61 Å². The lowest BCUT2D eigenvalue weighted by atomic mass is 10.1. The van der Waals surface area contributed by atoms with Crippen molar-refractivity contribution in [3.63, 3.8) is 0 Å². The molecule has 0 aliphatic rings. The summed E-state index contributed by atoms with van der Waals surface area (Å²) in [6.45, 7) is 9.46. The SMILES string of the molecule is CC[C@@H](C)NC(=O)[C@H](C)N(Cc1ccc(F)cc1)C(=O)COc1cc(C)c(Br)c(C)c1. The second-order valence-electron chi connectivity index (χ2n) is 7.80. The molecule has 2 amide bonds. The average molecular weight is 493 g/mol. The van der Waals surface area contributed by atoms with Gasteiger partial charge < -0.3 is 15.0 Å². The van der Waals surface area contributed by atoms with Crippen LogP contribution in [0.25, 0.3) is 0 Å². The lowest BCUT2D eigenvalue weighted by Crippen LogP contribution is -2.50. The minimum Gasteiger partial charge on any atom is -0.484 e. The number of amides is 2. The third kappa shape index (κ3) is 7.06. The van der Waals surface area contributed by atoms with Crippen LogP contribution in [-0.2, 0) is 16.1 Å². The summed E-state index contributed by atoms with van der Waals surface area (Å²) in [6, 6.07) is 8.90. The van der Waals surface area contributed by atoms with Gasteiger partial charge in [0.25, 0.3) is 5.91 Å². The Hall–Kier alpha value is -2.41. The molecular formula is C24H30BrFN2O3. The van der Waals surface area contributed by atoms with Gasteiger partial charge in [-0.3, -0.25) is 9.59 Å². The Balaban J connectivity index is 2.18. The zero-order chi connectivity index (χ0) is 23.1. The molecule has 2 rings (SSSR count). The summed E-state index contributed by atoms with van der Waals surface area (Å²) in [5.74, 6) is -0.326. The number of ether oxygens (including phenoxy) is 1. The number of carbonyl (C=O) groups is 2. The molecule has 5 nitrogen and oxygen atoms in total. The molecule has 0 unspecified atom stereocenters. The first-order valence-corrected chi connectivity index (χ1v) is 11.2. The van der Waals surface area contributed by atoms with E-state index in [2.05, 4.69) is 21.2 Å².